The molecule has 3 rings (SSSR count). The van der Waals surface area contributed by atoms with Gasteiger partial charge >= 0.3 is 0 Å². The normalized spacial score (nSPS) is 22.5. The molecule has 1 saturated heterocycles. The predicted molar refractivity (Wildman–Crippen MR) is 82.3 cm³/mol. The number of rotatable bonds is 5. The van der Waals surface area contributed by atoms with E-state index in [1.807, 2.05) is 0 Å². The fraction of sp³-hybridized carbons (Fsp3) is 0.625. The van der Waals surface area contributed by atoms with Crippen LogP contribution < -0.4 is 4.74 Å². The van der Waals surface area contributed by atoms with Crippen LogP contribution in [-0.2, 0) is 12.8 Å². The third-order valence-corrected chi connectivity index (χ3v) is 4.82. The molecule has 19 heavy (non-hydrogen) atoms. The van der Waals surface area contributed by atoms with Gasteiger partial charge in [0, 0.05) is 24.8 Å². The van der Waals surface area contributed by atoms with Crippen molar-refractivity contribution < 1.29 is 4.74 Å². The number of halogens is 1. The molecule has 2 aliphatic rings. The van der Waals surface area contributed by atoms with E-state index < -0.39 is 0 Å². The Bertz CT molecular complexity index is 435. The fourth-order valence-electron chi connectivity index (χ4n) is 3.19. The van der Waals surface area contributed by atoms with E-state index in [0.29, 0.717) is 0 Å². The second kappa shape index (κ2) is 6.27. The Morgan fingerprint density at radius 3 is 3.21 bits per heavy atom. The van der Waals surface area contributed by atoms with Gasteiger partial charge in [-0.05, 0) is 48.9 Å². The Labute approximate surface area is 124 Å². The number of fused-ring (bicyclic) bond motifs is 1. The van der Waals surface area contributed by atoms with Gasteiger partial charge in [0.25, 0.3) is 0 Å². The lowest BCUT2D eigenvalue weighted by molar-refractivity contribution is 0.327. The van der Waals surface area contributed by atoms with Crippen molar-refractivity contribution in [3.63, 3.8) is 0 Å². The number of hydrogen-bond donors (Lipinski definition) is 0. The molecule has 1 unspecified atom stereocenters. The molecule has 0 saturated carbocycles. The summed E-state index contributed by atoms with van der Waals surface area (Å²) >= 11 is 3.55. The van der Waals surface area contributed by atoms with Gasteiger partial charge in [0.1, 0.15) is 5.75 Å². The minimum Gasteiger partial charge on any atom is -0.493 e. The lowest BCUT2D eigenvalue weighted by atomic mass is 10.1. The first-order chi connectivity index (χ1) is 9.35. The molecule has 2 aliphatic heterocycles. The molecular formula is C16H22BrNO. The Morgan fingerprint density at radius 2 is 2.32 bits per heavy atom. The lowest BCUT2D eigenvalue weighted by Crippen LogP contribution is -2.23. The van der Waals surface area contributed by atoms with E-state index in [-0.39, 0.29) is 0 Å². The Balaban J connectivity index is 1.50. The number of benzene rings is 1. The summed E-state index contributed by atoms with van der Waals surface area (Å²) in [7, 11) is 0. The van der Waals surface area contributed by atoms with Crippen molar-refractivity contribution in [2.24, 2.45) is 5.92 Å². The maximum absolute atomic E-state index is 5.56. The van der Waals surface area contributed by atoms with Gasteiger partial charge in [-0.1, -0.05) is 28.1 Å². The van der Waals surface area contributed by atoms with Gasteiger partial charge in [-0.25, -0.2) is 0 Å². The van der Waals surface area contributed by atoms with E-state index in [1.54, 1.807) is 0 Å². The molecule has 0 N–H and O–H groups in total. The van der Waals surface area contributed by atoms with Gasteiger partial charge in [0.2, 0.25) is 0 Å². The van der Waals surface area contributed by atoms with Crippen molar-refractivity contribution in [3.05, 3.63) is 29.3 Å². The van der Waals surface area contributed by atoms with Crippen LogP contribution in [0.25, 0.3) is 0 Å². The highest BCUT2D eigenvalue weighted by Gasteiger charge is 2.21. The number of alkyl halides is 1. The van der Waals surface area contributed by atoms with E-state index in [4.69, 9.17) is 4.74 Å². The van der Waals surface area contributed by atoms with Crippen molar-refractivity contribution in [1.82, 2.24) is 4.90 Å². The molecule has 1 aromatic carbocycles. The zero-order valence-electron chi connectivity index (χ0n) is 11.4. The second-order valence-corrected chi connectivity index (χ2v) is 6.52. The average Bonchev–Trinajstić information content (AvgIpc) is 3.04. The largest absolute Gasteiger partial charge is 0.493 e. The van der Waals surface area contributed by atoms with Gasteiger partial charge in [0.05, 0.1) is 6.61 Å². The topological polar surface area (TPSA) is 12.5 Å². The molecule has 1 atom stereocenters. The maximum Gasteiger partial charge on any atom is 0.122 e. The van der Waals surface area contributed by atoms with Crippen molar-refractivity contribution in [2.45, 2.75) is 25.7 Å². The first-order valence-electron chi connectivity index (χ1n) is 7.38. The zero-order chi connectivity index (χ0) is 13.1. The van der Waals surface area contributed by atoms with Gasteiger partial charge in [-0.2, -0.15) is 0 Å². The molecule has 1 fully saturated rings. The summed E-state index contributed by atoms with van der Waals surface area (Å²) in [6.07, 6.45) is 4.96. The number of nitrogens with zero attached hydrogens (tertiary/aromatic N) is 1. The van der Waals surface area contributed by atoms with Crippen LogP contribution >= 0.6 is 15.9 Å². The molecule has 0 amide bonds. The predicted octanol–water partition coefficient (Wildman–Crippen LogP) is 3.27. The van der Waals surface area contributed by atoms with Crippen LogP contribution in [0.1, 0.15) is 24.0 Å². The third-order valence-electron chi connectivity index (χ3n) is 4.36. The summed E-state index contributed by atoms with van der Waals surface area (Å²) in [5.41, 5.74) is 2.87. The minimum atomic E-state index is 0.860. The molecule has 0 bridgehead atoms. The summed E-state index contributed by atoms with van der Waals surface area (Å²) in [6, 6.07) is 6.72. The summed E-state index contributed by atoms with van der Waals surface area (Å²) < 4.78 is 5.56. The van der Waals surface area contributed by atoms with Crippen molar-refractivity contribution >= 4 is 15.9 Å². The Hall–Kier alpha value is -0.540. The van der Waals surface area contributed by atoms with Gasteiger partial charge in [0.15, 0.2) is 0 Å². The average molecular weight is 324 g/mol. The summed E-state index contributed by atoms with van der Waals surface area (Å²) in [6.45, 7) is 4.64. The maximum atomic E-state index is 5.56. The van der Waals surface area contributed by atoms with Crippen LogP contribution in [0.3, 0.4) is 0 Å². The highest BCUT2D eigenvalue weighted by molar-refractivity contribution is 9.09. The lowest BCUT2D eigenvalue weighted by Gasteiger charge is -2.16. The Kier molecular flexibility index (Phi) is 4.44. The third kappa shape index (κ3) is 3.32. The number of hydrogen-bond acceptors (Lipinski definition) is 2. The van der Waals surface area contributed by atoms with Crippen molar-refractivity contribution in [1.29, 1.82) is 0 Å². The molecular weight excluding hydrogens is 302 g/mol. The van der Waals surface area contributed by atoms with Crippen LogP contribution in [-0.4, -0.2) is 36.5 Å². The second-order valence-electron chi connectivity index (χ2n) is 5.72. The van der Waals surface area contributed by atoms with E-state index in [0.717, 1.165) is 30.0 Å². The molecule has 1 aromatic rings. The zero-order valence-corrected chi connectivity index (χ0v) is 13.0. The molecule has 0 aromatic heterocycles. The highest BCUT2D eigenvalue weighted by atomic mass is 79.9. The minimum absolute atomic E-state index is 0.860. The quantitative estimate of drug-likeness (QED) is 0.771. The summed E-state index contributed by atoms with van der Waals surface area (Å²) in [5.74, 6) is 2.01. The highest BCUT2D eigenvalue weighted by Crippen LogP contribution is 2.26. The van der Waals surface area contributed by atoms with Crippen LogP contribution in [0.5, 0.6) is 5.75 Å². The van der Waals surface area contributed by atoms with Crippen LogP contribution in [0.4, 0.5) is 0 Å². The van der Waals surface area contributed by atoms with Gasteiger partial charge < -0.3 is 9.64 Å². The Morgan fingerprint density at radius 1 is 1.37 bits per heavy atom. The number of ether oxygens (including phenoxy) is 1. The van der Waals surface area contributed by atoms with Gasteiger partial charge in [-0.15, -0.1) is 0 Å². The molecule has 2 heterocycles. The van der Waals surface area contributed by atoms with E-state index in [2.05, 4.69) is 39.0 Å². The number of likely N-dealkylation sites (tertiary alicyclic amines) is 1. The monoisotopic (exact) mass is 323 g/mol. The molecule has 2 nitrogen and oxygen atoms in total. The van der Waals surface area contributed by atoms with E-state index in [9.17, 15) is 0 Å². The first kappa shape index (κ1) is 13.4. The fourth-order valence-corrected chi connectivity index (χ4v) is 3.84. The van der Waals surface area contributed by atoms with E-state index >= 15 is 0 Å². The van der Waals surface area contributed by atoms with Gasteiger partial charge in [-0.3, -0.25) is 0 Å². The molecule has 3 heteroatoms. The molecule has 0 aliphatic carbocycles. The smallest absolute Gasteiger partial charge is 0.122 e. The van der Waals surface area contributed by atoms with Crippen LogP contribution in [0, 0.1) is 5.92 Å². The summed E-state index contributed by atoms with van der Waals surface area (Å²) in [4.78, 5) is 2.62. The van der Waals surface area contributed by atoms with E-state index in [1.165, 1.54) is 50.0 Å². The molecule has 0 spiro atoms. The standard InChI is InChI=1S/C16H22BrNO/c17-7-3-14-5-9-18(12-14)8-4-13-1-2-16-15(11-13)6-10-19-16/h1-2,11,14H,3-10,12H2. The molecule has 104 valence electrons. The van der Waals surface area contributed by atoms with Crippen molar-refractivity contribution in [2.75, 3.05) is 31.6 Å². The van der Waals surface area contributed by atoms with Crippen LogP contribution in [0.2, 0.25) is 0 Å². The van der Waals surface area contributed by atoms with Crippen LogP contribution in [0.15, 0.2) is 18.2 Å². The van der Waals surface area contributed by atoms with Crippen molar-refractivity contribution in [3.8, 4) is 5.75 Å². The molecule has 0 radical (unpaired) electrons. The first-order valence-corrected chi connectivity index (χ1v) is 8.50. The SMILES string of the molecule is BrCCC1CCN(CCc2ccc3c(c2)CCO3)C1. The summed E-state index contributed by atoms with van der Waals surface area (Å²) in [5, 5.41) is 1.15.